The van der Waals surface area contributed by atoms with Crippen LogP contribution in [0.2, 0.25) is 0 Å². The second-order valence-electron chi connectivity index (χ2n) is 4.23. The first kappa shape index (κ1) is 13.9. The normalized spacial score (nSPS) is 10.1. The molecule has 0 heterocycles. The van der Waals surface area contributed by atoms with Gasteiger partial charge >= 0.3 is 0 Å². The van der Waals surface area contributed by atoms with Gasteiger partial charge in [0.25, 0.3) is 5.91 Å². The zero-order valence-electron chi connectivity index (χ0n) is 10.9. The Hall–Kier alpha value is -2.53. The maximum Gasteiger partial charge on any atom is 0.262 e. The molecule has 0 saturated carbocycles. The maximum atomic E-state index is 11.8. The number of nitrogens with two attached hydrogens (primary N) is 1. The summed E-state index contributed by atoms with van der Waals surface area (Å²) in [6, 6.07) is 13.9. The Morgan fingerprint density at radius 2 is 2.00 bits per heavy atom. The van der Waals surface area contributed by atoms with Crippen molar-refractivity contribution in [2.24, 2.45) is 0 Å². The fourth-order valence-electron chi connectivity index (χ4n) is 1.73. The molecule has 1 amide bonds. The summed E-state index contributed by atoms with van der Waals surface area (Å²) in [5.74, 6) is 0.209. The van der Waals surface area contributed by atoms with Crippen LogP contribution in [0.1, 0.15) is 5.56 Å². The average molecular weight is 272 g/mol. The van der Waals surface area contributed by atoms with E-state index >= 15 is 0 Å². The third-order valence-electron chi connectivity index (χ3n) is 2.67. The molecule has 5 nitrogen and oxygen atoms in total. The van der Waals surface area contributed by atoms with Crippen molar-refractivity contribution in [1.29, 1.82) is 0 Å². The molecule has 0 saturated heterocycles. The van der Waals surface area contributed by atoms with Crippen LogP contribution in [0.5, 0.6) is 5.75 Å². The molecule has 5 heteroatoms. The number of carbonyl (C=O) groups excluding carboxylic acids is 1. The molecule has 0 atom stereocenters. The Bertz CT molecular complexity index is 599. The van der Waals surface area contributed by atoms with E-state index in [9.17, 15) is 4.79 Å². The molecule has 0 bridgehead atoms. The van der Waals surface area contributed by atoms with E-state index in [2.05, 4.69) is 5.32 Å². The van der Waals surface area contributed by atoms with Crippen LogP contribution in [-0.2, 0) is 11.4 Å². The lowest BCUT2D eigenvalue weighted by molar-refractivity contribution is -0.118. The van der Waals surface area contributed by atoms with Gasteiger partial charge < -0.3 is 20.9 Å². The molecule has 0 spiro atoms. The van der Waals surface area contributed by atoms with Crippen molar-refractivity contribution in [2.75, 3.05) is 17.7 Å². The number of carbonyl (C=O) groups is 1. The SMILES string of the molecule is Nc1cccc(NC(=O)COc2ccccc2CO)c1. The third-order valence-corrected chi connectivity index (χ3v) is 2.67. The average Bonchev–Trinajstić information content (AvgIpc) is 2.45. The molecule has 104 valence electrons. The number of aliphatic hydroxyl groups is 1. The quantitative estimate of drug-likeness (QED) is 0.724. The summed E-state index contributed by atoms with van der Waals surface area (Å²) in [5, 5.41) is 11.8. The van der Waals surface area contributed by atoms with Gasteiger partial charge in [-0.25, -0.2) is 0 Å². The number of nitrogen functional groups attached to an aromatic ring is 1. The zero-order chi connectivity index (χ0) is 14.4. The molecule has 0 unspecified atom stereocenters. The largest absolute Gasteiger partial charge is 0.483 e. The molecule has 20 heavy (non-hydrogen) atoms. The van der Waals surface area contributed by atoms with Crippen molar-refractivity contribution in [3.63, 3.8) is 0 Å². The second-order valence-corrected chi connectivity index (χ2v) is 4.23. The van der Waals surface area contributed by atoms with E-state index in [0.717, 1.165) is 0 Å². The molecule has 4 N–H and O–H groups in total. The van der Waals surface area contributed by atoms with Crippen molar-refractivity contribution in [2.45, 2.75) is 6.61 Å². The van der Waals surface area contributed by atoms with E-state index in [0.29, 0.717) is 22.7 Å². The van der Waals surface area contributed by atoms with Gasteiger partial charge in [-0.15, -0.1) is 0 Å². The Labute approximate surface area is 117 Å². The lowest BCUT2D eigenvalue weighted by Crippen LogP contribution is -2.20. The molecule has 0 fully saturated rings. The smallest absolute Gasteiger partial charge is 0.262 e. The summed E-state index contributed by atoms with van der Waals surface area (Å²) >= 11 is 0. The highest BCUT2D eigenvalue weighted by Crippen LogP contribution is 2.17. The van der Waals surface area contributed by atoms with E-state index in [1.807, 2.05) is 0 Å². The molecule has 0 aromatic heterocycles. The highest BCUT2D eigenvalue weighted by Gasteiger charge is 2.06. The van der Waals surface area contributed by atoms with Gasteiger partial charge in [-0.3, -0.25) is 4.79 Å². The summed E-state index contributed by atoms with van der Waals surface area (Å²) in [5.41, 5.74) is 7.47. The number of rotatable bonds is 5. The summed E-state index contributed by atoms with van der Waals surface area (Å²) in [6.45, 7) is -0.265. The Morgan fingerprint density at radius 3 is 2.75 bits per heavy atom. The number of ether oxygens (including phenoxy) is 1. The lowest BCUT2D eigenvalue weighted by Gasteiger charge is -2.10. The van der Waals surface area contributed by atoms with Gasteiger partial charge in [0.2, 0.25) is 0 Å². The number of nitrogens with one attached hydrogen (secondary N) is 1. The van der Waals surface area contributed by atoms with Crippen molar-refractivity contribution in [1.82, 2.24) is 0 Å². The monoisotopic (exact) mass is 272 g/mol. The van der Waals surface area contributed by atoms with E-state index in [-0.39, 0.29) is 19.1 Å². The van der Waals surface area contributed by atoms with Crippen molar-refractivity contribution in [3.8, 4) is 5.75 Å². The number of amides is 1. The van der Waals surface area contributed by atoms with Gasteiger partial charge in [0, 0.05) is 16.9 Å². The van der Waals surface area contributed by atoms with E-state index < -0.39 is 0 Å². The number of benzene rings is 2. The first-order valence-electron chi connectivity index (χ1n) is 6.16. The molecular formula is C15H16N2O3. The first-order valence-corrected chi connectivity index (χ1v) is 6.16. The van der Waals surface area contributed by atoms with E-state index in [1.165, 1.54) is 0 Å². The number of para-hydroxylation sites is 1. The zero-order valence-corrected chi connectivity index (χ0v) is 10.9. The van der Waals surface area contributed by atoms with Crippen molar-refractivity contribution >= 4 is 17.3 Å². The molecule has 0 aliphatic rings. The highest BCUT2D eigenvalue weighted by molar-refractivity contribution is 5.92. The molecule has 2 aromatic carbocycles. The number of aliphatic hydroxyl groups excluding tert-OH is 1. The molecule has 0 radical (unpaired) electrons. The summed E-state index contributed by atoms with van der Waals surface area (Å²) < 4.78 is 5.39. The number of hydrogen-bond donors (Lipinski definition) is 3. The Morgan fingerprint density at radius 1 is 1.20 bits per heavy atom. The maximum absolute atomic E-state index is 11.8. The molecule has 0 aliphatic carbocycles. The van der Waals surface area contributed by atoms with Crippen LogP contribution in [0.15, 0.2) is 48.5 Å². The highest BCUT2D eigenvalue weighted by atomic mass is 16.5. The number of hydrogen-bond acceptors (Lipinski definition) is 4. The van der Waals surface area contributed by atoms with Gasteiger partial charge in [0.05, 0.1) is 6.61 Å². The second kappa shape index (κ2) is 6.58. The van der Waals surface area contributed by atoms with Crippen molar-refractivity contribution < 1.29 is 14.6 Å². The lowest BCUT2D eigenvalue weighted by atomic mass is 10.2. The van der Waals surface area contributed by atoms with Crippen LogP contribution in [-0.4, -0.2) is 17.6 Å². The van der Waals surface area contributed by atoms with Crippen LogP contribution in [0.25, 0.3) is 0 Å². The third kappa shape index (κ3) is 3.73. The van der Waals surface area contributed by atoms with Crippen LogP contribution >= 0.6 is 0 Å². The van der Waals surface area contributed by atoms with Crippen LogP contribution in [0.3, 0.4) is 0 Å². The van der Waals surface area contributed by atoms with E-state index in [1.54, 1.807) is 48.5 Å². The Kier molecular flexibility index (Phi) is 4.57. The van der Waals surface area contributed by atoms with Crippen molar-refractivity contribution in [3.05, 3.63) is 54.1 Å². The van der Waals surface area contributed by atoms with Crippen LogP contribution in [0.4, 0.5) is 11.4 Å². The standard InChI is InChI=1S/C15H16N2O3/c16-12-5-3-6-13(8-12)17-15(19)10-20-14-7-2-1-4-11(14)9-18/h1-8,18H,9-10,16H2,(H,17,19). The summed E-state index contributed by atoms with van der Waals surface area (Å²) in [6.07, 6.45) is 0. The molecule has 0 aliphatic heterocycles. The van der Waals surface area contributed by atoms with Crippen LogP contribution < -0.4 is 15.8 Å². The first-order chi connectivity index (χ1) is 9.69. The summed E-state index contributed by atoms with van der Waals surface area (Å²) in [7, 11) is 0. The molecular weight excluding hydrogens is 256 g/mol. The minimum atomic E-state index is -0.289. The van der Waals surface area contributed by atoms with Gasteiger partial charge in [-0.05, 0) is 24.3 Å². The fraction of sp³-hybridized carbons (Fsp3) is 0.133. The minimum Gasteiger partial charge on any atom is -0.483 e. The predicted molar refractivity (Wildman–Crippen MR) is 77.3 cm³/mol. The van der Waals surface area contributed by atoms with Gasteiger partial charge in [-0.2, -0.15) is 0 Å². The van der Waals surface area contributed by atoms with Gasteiger partial charge in [-0.1, -0.05) is 24.3 Å². The van der Waals surface area contributed by atoms with E-state index in [4.69, 9.17) is 15.6 Å². The minimum absolute atomic E-state index is 0.132. The fourth-order valence-corrected chi connectivity index (χ4v) is 1.73. The molecule has 2 rings (SSSR count). The molecule has 2 aromatic rings. The number of anilines is 2. The van der Waals surface area contributed by atoms with Crippen LogP contribution in [0, 0.1) is 0 Å². The predicted octanol–water partition coefficient (Wildman–Crippen LogP) is 1.78. The summed E-state index contributed by atoms with van der Waals surface area (Å²) in [4.78, 5) is 11.8. The van der Waals surface area contributed by atoms with Gasteiger partial charge in [0.15, 0.2) is 6.61 Å². The Balaban J connectivity index is 1.92. The topological polar surface area (TPSA) is 84.6 Å². The van der Waals surface area contributed by atoms with Gasteiger partial charge in [0.1, 0.15) is 5.75 Å².